The predicted octanol–water partition coefficient (Wildman–Crippen LogP) is 2.80. The molecule has 1 aromatic rings. The maximum atomic E-state index is 11.5. The number of nitrogen functional groups attached to an aromatic ring is 1. The highest BCUT2D eigenvalue weighted by atomic mass is 32.1. The van der Waals surface area contributed by atoms with E-state index in [-0.39, 0.29) is 11.4 Å². The molecule has 0 amide bonds. The monoisotopic (exact) mass is 227 g/mol. The highest BCUT2D eigenvalue weighted by Gasteiger charge is 2.22. The number of ether oxygens (including phenoxy) is 1. The minimum absolute atomic E-state index is 0.0174. The molecular formula is C11H17NO2S. The molecule has 15 heavy (non-hydrogen) atoms. The molecule has 1 rings (SSSR count). The van der Waals surface area contributed by atoms with Gasteiger partial charge in [0.05, 0.1) is 12.3 Å². The van der Waals surface area contributed by atoms with Crippen molar-refractivity contribution >= 4 is 23.0 Å². The molecule has 0 aliphatic carbocycles. The molecule has 0 aliphatic rings. The number of rotatable bonds is 2. The fourth-order valence-electron chi connectivity index (χ4n) is 1.13. The second kappa shape index (κ2) is 4.23. The molecule has 0 atom stereocenters. The maximum absolute atomic E-state index is 11.5. The van der Waals surface area contributed by atoms with Gasteiger partial charge in [0.2, 0.25) is 0 Å². The van der Waals surface area contributed by atoms with Crippen molar-refractivity contribution in [1.82, 2.24) is 0 Å². The number of carbonyl (C=O) groups excluding carboxylic acids is 1. The molecule has 0 unspecified atom stereocenters. The van der Waals surface area contributed by atoms with E-state index in [4.69, 9.17) is 10.5 Å². The van der Waals surface area contributed by atoms with E-state index in [9.17, 15) is 4.79 Å². The molecule has 0 aliphatic heterocycles. The van der Waals surface area contributed by atoms with Gasteiger partial charge in [-0.3, -0.25) is 0 Å². The minimum atomic E-state index is -0.324. The number of hydrogen-bond donors (Lipinski definition) is 1. The van der Waals surface area contributed by atoms with Crippen LogP contribution >= 0.6 is 11.3 Å². The molecule has 0 spiro atoms. The van der Waals surface area contributed by atoms with Crippen molar-refractivity contribution in [3.8, 4) is 0 Å². The molecule has 0 saturated heterocycles. The molecule has 0 fully saturated rings. The van der Waals surface area contributed by atoms with Crippen LogP contribution < -0.4 is 5.73 Å². The summed E-state index contributed by atoms with van der Waals surface area (Å²) in [5.74, 6) is -0.324. The van der Waals surface area contributed by atoms with Gasteiger partial charge >= 0.3 is 5.97 Å². The van der Waals surface area contributed by atoms with Gasteiger partial charge in [-0.05, 0) is 18.4 Å². The van der Waals surface area contributed by atoms with Gasteiger partial charge in [0.15, 0.2) is 0 Å². The van der Waals surface area contributed by atoms with Gasteiger partial charge in [0, 0.05) is 4.88 Å². The van der Waals surface area contributed by atoms with Gasteiger partial charge in [0.1, 0.15) is 4.88 Å². The Hall–Kier alpha value is -1.03. The first-order valence-electron chi connectivity index (χ1n) is 4.93. The summed E-state index contributed by atoms with van der Waals surface area (Å²) in [7, 11) is 0. The number of esters is 1. The van der Waals surface area contributed by atoms with E-state index >= 15 is 0 Å². The average molecular weight is 227 g/mol. The number of anilines is 1. The van der Waals surface area contributed by atoms with Crippen LogP contribution in [-0.4, -0.2) is 12.6 Å². The third-order valence-corrected chi connectivity index (χ3v) is 3.52. The van der Waals surface area contributed by atoms with E-state index in [0.717, 1.165) is 4.88 Å². The van der Waals surface area contributed by atoms with Crippen LogP contribution in [0.3, 0.4) is 0 Å². The Kier molecular flexibility index (Phi) is 3.39. The minimum Gasteiger partial charge on any atom is -0.462 e. The van der Waals surface area contributed by atoms with Crippen LogP contribution in [0.25, 0.3) is 0 Å². The second-order valence-electron chi connectivity index (χ2n) is 4.37. The smallest absolute Gasteiger partial charge is 0.350 e. The van der Waals surface area contributed by atoms with E-state index < -0.39 is 0 Å². The van der Waals surface area contributed by atoms with Crippen LogP contribution in [0.4, 0.5) is 5.69 Å². The van der Waals surface area contributed by atoms with Crippen LogP contribution in [0.2, 0.25) is 0 Å². The van der Waals surface area contributed by atoms with Crippen molar-refractivity contribution < 1.29 is 9.53 Å². The molecule has 4 heteroatoms. The lowest BCUT2D eigenvalue weighted by molar-refractivity contribution is 0.0533. The van der Waals surface area contributed by atoms with Gasteiger partial charge < -0.3 is 10.5 Å². The molecule has 2 N–H and O–H groups in total. The normalized spacial score (nSPS) is 11.5. The van der Waals surface area contributed by atoms with Crippen molar-refractivity contribution in [2.45, 2.75) is 33.1 Å². The third-order valence-electron chi connectivity index (χ3n) is 1.96. The number of hydrogen-bond acceptors (Lipinski definition) is 4. The standard InChI is InChI=1S/C11H17NO2S/c1-5-14-10(13)9-7(12)6-8(15-9)11(2,3)4/h6H,5,12H2,1-4H3. The Morgan fingerprint density at radius 2 is 2.13 bits per heavy atom. The van der Waals surface area contributed by atoms with Crippen LogP contribution in [0.5, 0.6) is 0 Å². The Labute approximate surface area is 94.2 Å². The van der Waals surface area contributed by atoms with Gasteiger partial charge in [-0.1, -0.05) is 20.8 Å². The summed E-state index contributed by atoms with van der Waals surface area (Å²) in [5.41, 5.74) is 6.31. The van der Waals surface area contributed by atoms with Crippen molar-refractivity contribution in [2.75, 3.05) is 12.3 Å². The average Bonchev–Trinajstić information content (AvgIpc) is 2.47. The first-order chi connectivity index (χ1) is 6.86. The fourth-order valence-corrected chi connectivity index (χ4v) is 2.16. The maximum Gasteiger partial charge on any atom is 0.350 e. The quantitative estimate of drug-likeness (QED) is 0.790. The lowest BCUT2D eigenvalue weighted by atomic mass is 9.95. The molecule has 0 saturated carbocycles. The molecule has 3 nitrogen and oxygen atoms in total. The molecule has 1 heterocycles. The Bertz CT molecular complexity index is 363. The molecule has 0 radical (unpaired) electrons. The van der Waals surface area contributed by atoms with Crippen molar-refractivity contribution in [3.63, 3.8) is 0 Å². The van der Waals surface area contributed by atoms with Gasteiger partial charge in [-0.15, -0.1) is 11.3 Å². The summed E-state index contributed by atoms with van der Waals surface area (Å²) in [4.78, 5) is 13.1. The number of thiophene rings is 1. The highest BCUT2D eigenvalue weighted by molar-refractivity contribution is 7.14. The van der Waals surface area contributed by atoms with Crippen molar-refractivity contribution in [2.24, 2.45) is 0 Å². The van der Waals surface area contributed by atoms with Crippen molar-refractivity contribution in [3.05, 3.63) is 15.8 Å². The van der Waals surface area contributed by atoms with E-state index in [1.807, 2.05) is 6.07 Å². The molecule has 0 bridgehead atoms. The predicted molar refractivity (Wildman–Crippen MR) is 63.4 cm³/mol. The van der Waals surface area contributed by atoms with E-state index in [1.165, 1.54) is 11.3 Å². The summed E-state index contributed by atoms with van der Waals surface area (Å²) in [6.45, 7) is 8.43. The largest absolute Gasteiger partial charge is 0.462 e. The molecule has 84 valence electrons. The lowest BCUT2D eigenvalue weighted by Crippen LogP contribution is -2.08. The first kappa shape index (κ1) is 12.0. The topological polar surface area (TPSA) is 52.3 Å². The van der Waals surface area contributed by atoms with E-state index in [0.29, 0.717) is 17.2 Å². The molecule has 1 aromatic heterocycles. The van der Waals surface area contributed by atoms with Crippen LogP contribution in [0.15, 0.2) is 6.07 Å². The number of nitrogens with two attached hydrogens (primary N) is 1. The highest BCUT2D eigenvalue weighted by Crippen LogP contribution is 2.34. The Morgan fingerprint density at radius 1 is 1.53 bits per heavy atom. The van der Waals surface area contributed by atoms with Crippen molar-refractivity contribution in [1.29, 1.82) is 0 Å². The Balaban J connectivity index is 3.02. The van der Waals surface area contributed by atoms with E-state index in [1.54, 1.807) is 6.92 Å². The van der Waals surface area contributed by atoms with Crippen LogP contribution in [0, 0.1) is 0 Å². The molecule has 0 aromatic carbocycles. The fraction of sp³-hybridized carbons (Fsp3) is 0.545. The first-order valence-corrected chi connectivity index (χ1v) is 5.74. The zero-order valence-corrected chi connectivity index (χ0v) is 10.4. The SMILES string of the molecule is CCOC(=O)c1sc(C(C)(C)C)cc1N. The van der Waals surface area contributed by atoms with Gasteiger partial charge in [-0.2, -0.15) is 0 Å². The summed E-state index contributed by atoms with van der Waals surface area (Å²) in [5, 5.41) is 0. The zero-order valence-electron chi connectivity index (χ0n) is 9.59. The summed E-state index contributed by atoms with van der Waals surface area (Å²) >= 11 is 1.41. The summed E-state index contributed by atoms with van der Waals surface area (Å²) < 4.78 is 4.93. The van der Waals surface area contributed by atoms with Crippen LogP contribution in [0.1, 0.15) is 42.2 Å². The third kappa shape index (κ3) is 2.72. The summed E-state index contributed by atoms with van der Waals surface area (Å²) in [6, 6.07) is 1.86. The second-order valence-corrected chi connectivity index (χ2v) is 5.42. The summed E-state index contributed by atoms with van der Waals surface area (Å²) in [6.07, 6.45) is 0. The van der Waals surface area contributed by atoms with Gasteiger partial charge in [-0.25, -0.2) is 4.79 Å². The lowest BCUT2D eigenvalue weighted by Gasteiger charge is -2.14. The zero-order chi connectivity index (χ0) is 11.6. The Morgan fingerprint density at radius 3 is 2.53 bits per heavy atom. The number of carbonyl (C=O) groups is 1. The van der Waals surface area contributed by atoms with Crippen LogP contribution in [-0.2, 0) is 10.2 Å². The van der Waals surface area contributed by atoms with E-state index in [2.05, 4.69) is 20.8 Å². The van der Waals surface area contributed by atoms with Gasteiger partial charge in [0.25, 0.3) is 0 Å². The molecular weight excluding hydrogens is 210 g/mol.